The van der Waals surface area contributed by atoms with Gasteiger partial charge in [0, 0.05) is 0 Å². The van der Waals surface area contributed by atoms with E-state index in [0.717, 1.165) is 0 Å². The number of rotatable bonds is 3. The van der Waals surface area contributed by atoms with E-state index in [9.17, 15) is 0 Å². The zero-order valence-corrected chi connectivity index (χ0v) is 9.59. The molecule has 0 fully saturated rings. The van der Waals surface area contributed by atoms with Crippen molar-refractivity contribution < 1.29 is 0 Å². The molecule has 74 valence electrons. The van der Waals surface area contributed by atoms with Gasteiger partial charge in [0.1, 0.15) is 0 Å². The minimum atomic E-state index is 1.23. The largest absolute Gasteiger partial charge is 0.0990 e. The van der Waals surface area contributed by atoms with Gasteiger partial charge in [-0.2, -0.15) is 0 Å². The molecule has 0 aliphatic rings. The van der Waals surface area contributed by atoms with E-state index in [2.05, 4.69) is 25.7 Å². The first-order valence-electron chi connectivity index (χ1n) is 4.85. The van der Waals surface area contributed by atoms with Crippen LogP contribution in [0.3, 0.4) is 0 Å². The molecular weight excluding hydrogens is 156 g/mol. The summed E-state index contributed by atoms with van der Waals surface area (Å²) in [7, 11) is 0. The van der Waals surface area contributed by atoms with Crippen molar-refractivity contribution in [2.75, 3.05) is 0 Å². The van der Waals surface area contributed by atoms with Crippen LogP contribution in [0.25, 0.3) is 0 Å². The standard InChI is InChI=1S/C11H16.C2H6/c1-5-8-11(9-6-2)10(4)7-3;1-2/h5-9H,1H2,2-4H3;1-2H3/b9-6-,10-7+,11-8+;. The smallest absolute Gasteiger partial charge is 0.0234 e. The molecule has 0 rings (SSSR count). The Bertz CT molecular complexity index is 202. The monoisotopic (exact) mass is 178 g/mol. The highest BCUT2D eigenvalue weighted by Crippen LogP contribution is 2.10. The van der Waals surface area contributed by atoms with Crippen molar-refractivity contribution in [2.24, 2.45) is 0 Å². The van der Waals surface area contributed by atoms with Crippen LogP contribution in [0.5, 0.6) is 0 Å². The lowest BCUT2D eigenvalue weighted by atomic mass is 10.1. The molecule has 0 aliphatic heterocycles. The van der Waals surface area contributed by atoms with Crippen LogP contribution < -0.4 is 0 Å². The van der Waals surface area contributed by atoms with Gasteiger partial charge in [0.05, 0.1) is 0 Å². The first kappa shape index (κ1) is 14.5. The molecule has 0 atom stereocenters. The van der Waals surface area contributed by atoms with Gasteiger partial charge in [-0.1, -0.05) is 50.8 Å². The average molecular weight is 178 g/mol. The normalized spacial score (nSPS) is 12.4. The predicted molar refractivity (Wildman–Crippen MR) is 63.9 cm³/mol. The third-order valence-electron chi connectivity index (χ3n) is 1.53. The fourth-order valence-corrected chi connectivity index (χ4v) is 0.792. The Kier molecular flexibility index (Phi) is 12.2. The molecule has 0 aliphatic carbocycles. The SMILES string of the molecule is C=C/C=C(\C=C/C)C(/C)=C/C.CC. The van der Waals surface area contributed by atoms with Gasteiger partial charge < -0.3 is 0 Å². The summed E-state index contributed by atoms with van der Waals surface area (Å²) in [5, 5.41) is 0. The summed E-state index contributed by atoms with van der Waals surface area (Å²) in [5.41, 5.74) is 2.51. The van der Waals surface area contributed by atoms with E-state index < -0.39 is 0 Å². The van der Waals surface area contributed by atoms with Crippen LogP contribution in [0.4, 0.5) is 0 Å². The van der Waals surface area contributed by atoms with Gasteiger partial charge in [0.25, 0.3) is 0 Å². The van der Waals surface area contributed by atoms with E-state index in [0.29, 0.717) is 0 Å². The molecule has 0 aromatic carbocycles. The topological polar surface area (TPSA) is 0 Å². The Morgan fingerprint density at radius 1 is 1.15 bits per heavy atom. The minimum absolute atomic E-state index is 1.23. The lowest BCUT2D eigenvalue weighted by Crippen LogP contribution is -1.78. The molecule has 0 saturated carbocycles. The molecule has 0 saturated heterocycles. The first-order valence-corrected chi connectivity index (χ1v) is 4.85. The van der Waals surface area contributed by atoms with E-state index in [1.54, 1.807) is 0 Å². The van der Waals surface area contributed by atoms with Crippen molar-refractivity contribution in [1.29, 1.82) is 0 Å². The van der Waals surface area contributed by atoms with Crippen LogP contribution in [0.15, 0.2) is 48.1 Å². The van der Waals surface area contributed by atoms with Gasteiger partial charge in [-0.3, -0.25) is 0 Å². The van der Waals surface area contributed by atoms with Crippen molar-refractivity contribution in [2.45, 2.75) is 34.6 Å². The van der Waals surface area contributed by atoms with Gasteiger partial charge >= 0.3 is 0 Å². The molecule has 0 radical (unpaired) electrons. The number of allylic oxidation sites excluding steroid dienone is 7. The summed E-state index contributed by atoms with van der Waals surface area (Å²) in [6.07, 6.45) is 10.0. The Balaban J connectivity index is 0. The highest BCUT2D eigenvalue weighted by Gasteiger charge is 1.90. The molecule has 0 bridgehead atoms. The van der Waals surface area contributed by atoms with Crippen molar-refractivity contribution in [3.8, 4) is 0 Å². The fourth-order valence-electron chi connectivity index (χ4n) is 0.792. The van der Waals surface area contributed by atoms with Crippen molar-refractivity contribution in [3.63, 3.8) is 0 Å². The van der Waals surface area contributed by atoms with Crippen LogP contribution in [0, 0.1) is 0 Å². The molecule has 0 heteroatoms. The van der Waals surface area contributed by atoms with Crippen LogP contribution in [0.1, 0.15) is 34.6 Å². The van der Waals surface area contributed by atoms with Crippen LogP contribution >= 0.6 is 0 Å². The first-order chi connectivity index (χ1) is 6.26. The van der Waals surface area contributed by atoms with Gasteiger partial charge in [-0.25, -0.2) is 0 Å². The summed E-state index contributed by atoms with van der Waals surface area (Å²) < 4.78 is 0. The van der Waals surface area contributed by atoms with Gasteiger partial charge in [-0.15, -0.1) is 0 Å². The fraction of sp³-hybridized carbons (Fsp3) is 0.385. The molecule has 0 aromatic rings. The van der Waals surface area contributed by atoms with Gasteiger partial charge in [0.2, 0.25) is 0 Å². The summed E-state index contributed by atoms with van der Waals surface area (Å²) >= 11 is 0. The van der Waals surface area contributed by atoms with Crippen molar-refractivity contribution in [3.05, 3.63) is 48.1 Å². The zero-order chi connectivity index (χ0) is 10.7. The van der Waals surface area contributed by atoms with Crippen LogP contribution in [-0.2, 0) is 0 Å². The number of hydrogen-bond acceptors (Lipinski definition) is 0. The Hall–Kier alpha value is -1.04. The second-order valence-corrected chi connectivity index (χ2v) is 2.33. The lowest BCUT2D eigenvalue weighted by Gasteiger charge is -1.98. The predicted octanol–water partition coefficient (Wildman–Crippen LogP) is 4.67. The molecule has 0 aromatic heterocycles. The molecule has 0 heterocycles. The molecule has 13 heavy (non-hydrogen) atoms. The van der Waals surface area contributed by atoms with E-state index in [4.69, 9.17) is 0 Å². The van der Waals surface area contributed by atoms with Crippen molar-refractivity contribution >= 4 is 0 Å². The zero-order valence-electron chi connectivity index (χ0n) is 9.59. The molecule has 0 nitrogen and oxygen atoms in total. The third-order valence-corrected chi connectivity index (χ3v) is 1.53. The van der Waals surface area contributed by atoms with E-state index >= 15 is 0 Å². The molecular formula is C13H22. The summed E-state index contributed by atoms with van der Waals surface area (Å²) in [4.78, 5) is 0. The second kappa shape index (κ2) is 11.0. The summed E-state index contributed by atoms with van der Waals surface area (Å²) in [6, 6.07) is 0. The number of hydrogen-bond donors (Lipinski definition) is 0. The third kappa shape index (κ3) is 7.32. The quantitative estimate of drug-likeness (QED) is 0.551. The van der Waals surface area contributed by atoms with Gasteiger partial charge in [-0.05, 0) is 31.9 Å². The van der Waals surface area contributed by atoms with Crippen molar-refractivity contribution in [1.82, 2.24) is 0 Å². The second-order valence-electron chi connectivity index (χ2n) is 2.33. The Morgan fingerprint density at radius 3 is 2.00 bits per heavy atom. The summed E-state index contributed by atoms with van der Waals surface area (Å²) in [6.45, 7) is 13.8. The minimum Gasteiger partial charge on any atom is -0.0990 e. The van der Waals surface area contributed by atoms with Gasteiger partial charge in [0.15, 0.2) is 0 Å². The molecule has 0 unspecified atom stereocenters. The van der Waals surface area contributed by atoms with E-state index in [1.165, 1.54) is 11.1 Å². The maximum absolute atomic E-state index is 3.66. The maximum atomic E-state index is 3.66. The summed E-state index contributed by atoms with van der Waals surface area (Å²) in [5.74, 6) is 0. The average Bonchev–Trinajstić information content (AvgIpc) is 2.19. The van der Waals surface area contributed by atoms with Crippen LogP contribution in [-0.4, -0.2) is 0 Å². The Morgan fingerprint density at radius 2 is 1.69 bits per heavy atom. The molecule has 0 spiro atoms. The highest BCUT2D eigenvalue weighted by molar-refractivity contribution is 5.39. The van der Waals surface area contributed by atoms with Crippen LogP contribution in [0.2, 0.25) is 0 Å². The van der Waals surface area contributed by atoms with E-state index in [1.807, 2.05) is 45.9 Å². The lowest BCUT2D eigenvalue weighted by molar-refractivity contribution is 1.39. The van der Waals surface area contributed by atoms with E-state index in [-0.39, 0.29) is 0 Å². The maximum Gasteiger partial charge on any atom is -0.0234 e. The Labute approximate surface area is 83.4 Å². The molecule has 0 amide bonds. The molecule has 0 N–H and O–H groups in total. The highest BCUT2D eigenvalue weighted by atomic mass is 14.0.